The van der Waals surface area contributed by atoms with E-state index < -0.39 is 11.9 Å². The molecule has 4 aromatic rings. The standard InChI is InChI=1S/C20H16FN3O/c21-14-4-2-10(7-15(14)22)17-8-13-11(9-23-17)1-3-12-19-16(24-20(12)13)5-6-18(19)25/h1-4,7-9,18,24-25H,5-6,22H2. The molecule has 0 spiro atoms. The molecule has 0 amide bonds. The van der Waals surface area contributed by atoms with E-state index in [0.29, 0.717) is 0 Å². The summed E-state index contributed by atoms with van der Waals surface area (Å²) >= 11 is 0. The van der Waals surface area contributed by atoms with Gasteiger partial charge in [0.05, 0.1) is 23.0 Å². The van der Waals surface area contributed by atoms with E-state index in [9.17, 15) is 9.50 Å². The third kappa shape index (κ3) is 2.06. The van der Waals surface area contributed by atoms with Crippen molar-refractivity contribution in [3.8, 4) is 11.3 Å². The fourth-order valence-electron chi connectivity index (χ4n) is 3.82. The summed E-state index contributed by atoms with van der Waals surface area (Å²) in [6.45, 7) is 0. The minimum Gasteiger partial charge on any atom is -0.396 e. The first-order valence-electron chi connectivity index (χ1n) is 8.28. The van der Waals surface area contributed by atoms with Crippen molar-refractivity contribution in [1.29, 1.82) is 0 Å². The second kappa shape index (κ2) is 5.04. The molecule has 2 aromatic heterocycles. The highest BCUT2D eigenvalue weighted by atomic mass is 19.1. The Morgan fingerprint density at radius 3 is 2.88 bits per heavy atom. The summed E-state index contributed by atoms with van der Waals surface area (Å²) in [5.41, 5.74) is 10.5. The lowest BCUT2D eigenvalue weighted by atomic mass is 10.0. The van der Waals surface area contributed by atoms with Crippen molar-refractivity contribution < 1.29 is 9.50 Å². The number of aliphatic hydroxyl groups excluding tert-OH is 1. The molecule has 1 atom stereocenters. The quantitative estimate of drug-likeness (QED) is 0.459. The molecule has 5 rings (SSSR count). The fourth-order valence-corrected chi connectivity index (χ4v) is 3.82. The van der Waals surface area contributed by atoms with Crippen LogP contribution in [0.4, 0.5) is 10.1 Å². The lowest BCUT2D eigenvalue weighted by molar-refractivity contribution is 0.181. The van der Waals surface area contributed by atoms with Crippen molar-refractivity contribution in [3.63, 3.8) is 0 Å². The third-order valence-electron chi connectivity index (χ3n) is 5.09. The lowest BCUT2D eigenvalue weighted by Gasteiger charge is -2.07. The van der Waals surface area contributed by atoms with Gasteiger partial charge >= 0.3 is 0 Å². The molecule has 5 heteroatoms. The van der Waals surface area contributed by atoms with Crippen LogP contribution < -0.4 is 5.73 Å². The van der Waals surface area contributed by atoms with Crippen LogP contribution in [0.3, 0.4) is 0 Å². The number of rotatable bonds is 1. The molecule has 1 aliphatic carbocycles. The lowest BCUT2D eigenvalue weighted by Crippen LogP contribution is -1.92. The third-order valence-corrected chi connectivity index (χ3v) is 5.09. The minimum atomic E-state index is -0.429. The average molecular weight is 333 g/mol. The number of halogens is 1. The number of H-pyrrole nitrogens is 1. The van der Waals surface area contributed by atoms with Crippen LogP contribution in [0.5, 0.6) is 0 Å². The van der Waals surface area contributed by atoms with Crippen molar-refractivity contribution in [3.05, 3.63) is 59.7 Å². The molecule has 124 valence electrons. The predicted molar refractivity (Wildman–Crippen MR) is 96.7 cm³/mol. The number of nitrogen functional groups attached to an aromatic ring is 1. The number of aromatic nitrogens is 2. The Morgan fingerprint density at radius 1 is 1.16 bits per heavy atom. The number of nitrogens with zero attached hydrogens (tertiary/aromatic N) is 1. The van der Waals surface area contributed by atoms with E-state index in [4.69, 9.17) is 5.73 Å². The van der Waals surface area contributed by atoms with Gasteiger partial charge in [0, 0.05) is 39.2 Å². The molecule has 25 heavy (non-hydrogen) atoms. The number of fused-ring (bicyclic) bond motifs is 5. The molecule has 4 nitrogen and oxygen atoms in total. The normalized spacial score (nSPS) is 16.6. The molecule has 2 aromatic carbocycles. The summed E-state index contributed by atoms with van der Waals surface area (Å²) in [6, 6.07) is 10.7. The van der Waals surface area contributed by atoms with Gasteiger partial charge in [-0.25, -0.2) is 4.39 Å². The largest absolute Gasteiger partial charge is 0.396 e. The molecular weight excluding hydrogens is 317 g/mol. The minimum absolute atomic E-state index is 0.111. The molecule has 0 bridgehead atoms. The van der Waals surface area contributed by atoms with Crippen LogP contribution in [0.15, 0.2) is 42.6 Å². The number of nitrogens with two attached hydrogens (primary N) is 1. The van der Waals surface area contributed by atoms with Crippen LogP contribution >= 0.6 is 0 Å². The zero-order chi connectivity index (χ0) is 17.1. The Labute approximate surface area is 143 Å². The number of hydrogen-bond donors (Lipinski definition) is 3. The van der Waals surface area contributed by atoms with Gasteiger partial charge in [0.15, 0.2) is 0 Å². The van der Waals surface area contributed by atoms with E-state index >= 15 is 0 Å². The number of nitrogens with one attached hydrogen (secondary N) is 1. The van der Waals surface area contributed by atoms with Crippen LogP contribution in [-0.2, 0) is 6.42 Å². The zero-order valence-corrected chi connectivity index (χ0v) is 13.4. The summed E-state index contributed by atoms with van der Waals surface area (Å²) < 4.78 is 13.4. The topological polar surface area (TPSA) is 74.9 Å². The van der Waals surface area contributed by atoms with Gasteiger partial charge < -0.3 is 15.8 Å². The van der Waals surface area contributed by atoms with Gasteiger partial charge in [-0.2, -0.15) is 0 Å². The van der Waals surface area contributed by atoms with Crippen molar-refractivity contribution in [2.45, 2.75) is 18.9 Å². The molecule has 1 unspecified atom stereocenters. The van der Waals surface area contributed by atoms with Crippen molar-refractivity contribution in [2.24, 2.45) is 0 Å². The summed E-state index contributed by atoms with van der Waals surface area (Å²) in [7, 11) is 0. The fraction of sp³-hybridized carbons (Fsp3) is 0.150. The highest BCUT2D eigenvalue weighted by molar-refractivity contribution is 6.08. The summed E-state index contributed by atoms with van der Waals surface area (Å²) in [4.78, 5) is 7.97. The molecule has 0 saturated carbocycles. The van der Waals surface area contributed by atoms with Crippen LogP contribution in [0.1, 0.15) is 23.8 Å². The molecule has 0 fully saturated rings. The number of pyridine rings is 1. The smallest absolute Gasteiger partial charge is 0.146 e. The summed E-state index contributed by atoms with van der Waals surface area (Å²) in [5, 5.41) is 13.4. The summed E-state index contributed by atoms with van der Waals surface area (Å²) in [5.74, 6) is -0.429. The van der Waals surface area contributed by atoms with Crippen LogP contribution in [0.2, 0.25) is 0 Å². The van der Waals surface area contributed by atoms with E-state index in [1.807, 2.05) is 24.4 Å². The Balaban J connectivity index is 1.76. The van der Waals surface area contributed by atoms with E-state index in [2.05, 4.69) is 9.97 Å². The number of benzene rings is 2. The van der Waals surface area contributed by atoms with Gasteiger partial charge in [-0.1, -0.05) is 12.1 Å². The molecule has 2 heterocycles. The van der Waals surface area contributed by atoms with Gasteiger partial charge in [0.2, 0.25) is 0 Å². The van der Waals surface area contributed by atoms with Crippen molar-refractivity contribution >= 4 is 27.4 Å². The van der Waals surface area contributed by atoms with Crippen molar-refractivity contribution in [2.75, 3.05) is 5.73 Å². The van der Waals surface area contributed by atoms with E-state index in [1.165, 1.54) is 6.07 Å². The van der Waals surface area contributed by atoms with Crippen LogP contribution in [0.25, 0.3) is 32.9 Å². The average Bonchev–Trinajstić information content (AvgIpc) is 3.17. The maximum Gasteiger partial charge on any atom is 0.146 e. The first kappa shape index (κ1) is 14.4. The van der Waals surface area contributed by atoms with Crippen molar-refractivity contribution in [1.82, 2.24) is 9.97 Å². The van der Waals surface area contributed by atoms with E-state index in [-0.39, 0.29) is 5.69 Å². The monoisotopic (exact) mass is 333 g/mol. The summed E-state index contributed by atoms with van der Waals surface area (Å²) in [6.07, 6.45) is 3.04. The molecule has 0 saturated heterocycles. The molecule has 0 aliphatic heterocycles. The Bertz CT molecular complexity index is 1150. The van der Waals surface area contributed by atoms with Gasteiger partial charge in [-0.15, -0.1) is 0 Å². The van der Waals surface area contributed by atoms with Gasteiger partial charge in [0.25, 0.3) is 0 Å². The highest BCUT2D eigenvalue weighted by Crippen LogP contribution is 2.39. The van der Waals surface area contributed by atoms with Crippen LogP contribution in [-0.4, -0.2) is 15.1 Å². The van der Waals surface area contributed by atoms with Crippen LogP contribution in [0, 0.1) is 5.82 Å². The first-order chi connectivity index (χ1) is 12.1. The Hall–Kier alpha value is -2.92. The molecule has 1 aliphatic rings. The molecular formula is C20H16FN3O. The Morgan fingerprint density at radius 2 is 2.04 bits per heavy atom. The predicted octanol–water partition coefficient (Wildman–Crippen LogP) is 4.08. The van der Waals surface area contributed by atoms with Gasteiger partial charge in [0.1, 0.15) is 5.82 Å². The number of anilines is 1. The zero-order valence-electron chi connectivity index (χ0n) is 13.4. The molecule has 4 N–H and O–H groups in total. The second-order valence-corrected chi connectivity index (χ2v) is 6.59. The number of aromatic amines is 1. The Kier molecular flexibility index (Phi) is 2.91. The van der Waals surface area contributed by atoms with E-state index in [0.717, 1.165) is 57.0 Å². The van der Waals surface area contributed by atoms with E-state index in [1.54, 1.807) is 12.1 Å². The number of hydrogen-bond acceptors (Lipinski definition) is 3. The maximum absolute atomic E-state index is 13.4. The molecule has 0 radical (unpaired) electrons. The number of aliphatic hydroxyl groups is 1. The maximum atomic E-state index is 13.4. The number of aryl methyl sites for hydroxylation is 1. The van der Waals surface area contributed by atoms with Gasteiger partial charge in [-0.3, -0.25) is 4.98 Å². The second-order valence-electron chi connectivity index (χ2n) is 6.59. The first-order valence-corrected chi connectivity index (χ1v) is 8.28. The SMILES string of the molecule is Nc1cc(-c2cc3c(ccc4c5c([nH]c43)CCC5O)cn2)ccc1F. The van der Waals surface area contributed by atoms with Gasteiger partial charge in [-0.05, 0) is 37.1 Å². The highest BCUT2D eigenvalue weighted by Gasteiger charge is 2.25.